The van der Waals surface area contributed by atoms with Gasteiger partial charge in [-0.3, -0.25) is 0 Å². The summed E-state index contributed by atoms with van der Waals surface area (Å²) >= 11 is 0. The van der Waals surface area contributed by atoms with Crippen LogP contribution in [0, 0.1) is 11.3 Å². The van der Waals surface area contributed by atoms with Crippen molar-refractivity contribution in [2.24, 2.45) is 11.3 Å². The Morgan fingerprint density at radius 3 is 2.24 bits per heavy atom. The highest BCUT2D eigenvalue weighted by Crippen LogP contribution is 2.50. The Balaban J connectivity index is 2.96. The fourth-order valence-electron chi connectivity index (χ4n) is 2.88. The van der Waals surface area contributed by atoms with E-state index in [2.05, 4.69) is 13.8 Å². The Hall–Kier alpha value is -0.610. The van der Waals surface area contributed by atoms with Crippen LogP contribution in [-0.4, -0.2) is 34.0 Å². The quantitative estimate of drug-likeness (QED) is 0.794. The van der Waals surface area contributed by atoms with Crippen molar-refractivity contribution >= 4 is 5.97 Å². The average Bonchev–Trinajstić information content (AvgIpc) is 2.36. The predicted octanol–water partition coefficient (Wildman–Crippen LogP) is 2.05. The maximum Gasteiger partial charge on any atom is 0.336 e. The van der Waals surface area contributed by atoms with E-state index in [1.165, 1.54) is 0 Å². The minimum Gasteiger partial charge on any atom is -0.479 e. The van der Waals surface area contributed by atoms with Gasteiger partial charge in [0.05, 0.1) is 12.2 Å². The highest BCUT2D eigenvalue weighted by Gasteiger charge is 2.55. The lowest BCUT2D eigenvalue weighted by Gasteiger charge is -2.34. The van der Waals surface area contributed by atoms with E-state index >= 15 is 0 Å². The summed E-state index contributed by atoms with van der Waals surface area (Å²) in [6.07, 6.45) is 0.184. The SMILES string of the molecule is CC(O)C(C)OC1(C(=O)O)CC(C)(C)CC1C. The third-order valence-corrected chi connectivity index (χ3v) is 3.83. The number of hydrogen-bond acceptors (Lipinski definition) is 3. The van der Waals surface area contributed by atoms with Gasteiger partial charge >= 0.3 is 5.97 Å². The molecule has 0 aromatic carbocycles. The molecule has 4 unspecified atom stereocenters. The summed E-state index contributed by atoms with van der Waals surface area (Å²) in [5.74, 6) is -0.959. The molecule has 100 valence electrons. The van der Waals surface area contributed by atoms with E-state index in [0.717, 1.165) is 6.42 Å². The standard InChI is InChI=1S/C13H24O4/c1-8-6-12(4,5)7-13(8,11(15)16)17-10(3)9(2)14/h8-10,14H,6-7H2,1-5H3,(H,15,16). The van der Waals surface area contributed by atoms with Crippen LogP contribution >= 0.6 is 0 Å². The van der Waals surface area contributed by atoms with Crippen molar-refractivity contribution in [3.05, 3.63) is 0 Å². The fraction of sp³-hybridized carbons (Fsp3) is 0.923. The summed E-state index contributed by atoms with van der Waals surface area (Å²) in [6.45, 7) is 9.37. The summed E-state index contributed by atoms with van der Waals surface area (Å²) in [5, 5.41) is 19.0. The molecule has 1 aliphatic carbocycles. The third-order valence-electron chi connectivity index (χ3n) is 3.83. The van der Waals surface area contributed by atoms with Crippen molar-refractivity contribution < 1.29 is 19.7 Å². The third kappa shape index (κ3) is 2.80. The van der Waals surface area contributed by atoms with Gasteiger partial charge in [0, 0.05) is 0 Å². The minimum atomic E-state index is -1.15. The van der Waals surface area contributed by atoms with E-state index in [-0.39, 0.29) is 11.3 Å². The fourth-order valence-corrected chi connectivity index (χ4v) is 2.88. The number of ether oxygens (including phenoxy) is 1. The minimum absolute atomic E-state index is 0.0315. The van der Waals surface area contributed by atoms with Crippen LogP contribution in [0.1, 0.15) is 47.5 Å². The van der Waals surface area contributed by atoms with Crippen LogP contribution in [0.15, 0.2) is 0 Å². The zero-order valence-corrected chi connectivity index (χ0v) is 11.4. The van der Waals surface area contributed by atoms with Gasteiger partial charge in [-0.05, 0) is 38.0 Å². The first-order valence-corrected chi connectivity index (χ1v) is 6.20. The van der Waals surface area contributed by atoms with Crippen LogP contribution in [0.4, 0.5) is 0 Å². The second-order valence-electron chi connectivity index (χ2n) is 6.20. The number of aliphatic hydroxyl groups is 1. The van der Waals surface area contributed by atoms with E-state index in [9.17, 15) is 15.0 Å². The van der Waals surface area contributed by atoms with E-state index in [1.54, 1.807) is 13.8 Å². The topological polar surface area (TPSA) is 66.8 Å². The van der Waals surface area contributed by atoms with Gasteiger partial charge in [-0.1, -0.05) is 20.8 Å². The van der Waals surface area contributed by atoms with E-state index in [0.29, 0.717) is 6.42 Å². The number of hydrogen-bond donors (Lipinski definition) is 2. The van der Waals surface area contributed by atoms with Gasteiger partial charge in [0.15, 0.2) is 5.60 Å². The van der Waals surface area contributed by atoms with Gasteiger partial charge in [-0.15, -0.1) is 0 Å². The second-order valence-corrected chi connectivity index (χ2v) is 6.20. The summed E-state index contributed by atoms with van der Waals surface area (Å²) in [4.78, 5) is 11.6. The van der Waals surface area contributed by atoms with Crippen molar-refractivity contribution in [1.82, 2.24) is 0 Å². The van der Waals surface area contributed by atoms with Crippen LogP contribution in [-0.2, 0) is 9.53 Å². The van der Waals surface area contributed by atoms with E-state index < -0.39 is 23.8 Å². The molecule has 0 aliphatic heterocycles. The Labute approximate surface area is 103 Å². The first kappa shape index (κ1) is 14.5. The molecule has 1 rings (SSSR count). The molecule has 17 heavy (non-hydrogen) atoms. The summed E-state index contributed by atoms with van der Waals surface area (Å²) in [6, 6.07) is 0. The number of aliphatic hydroxyl groups excluding tert-OH is 1. The zero-order valence-electron chi connectivity index (χ0n) is 11.4. The second kappa shape index (κ2) is 4.58. The largest absolute Gasteiger partial charge is 0.479 e. The van der Waals surface area contributed by atoms with Crippen LogP contribution in [0.2, 0.25) is 0 Å². The maximum atomic E-state index is 11.6. The number of carbonyl (C=O) groups is 1. The molecule has 0 spiro atoms. The highest BCUT2D eigenvalue weighted by atomic mass is 16.5. The van der Waals surface area contributed by atoms with Crippen molar-refractivity contribution in [2.45, 2.75) is 65.3 Å². The van der Waals surface area contributed by atoms with Crippen molar-refractivity contribution in [3.8, 4) is 0 Å². The van der Waals surface area contributed by atoms with E-state index in [1.807, 2.05) is 6.92 Å². The van der Waals surface area contributed by atoms with Crippen molar-refractivity contribution in [2.75, 3.05) is 0 Å². The van der Waals surface area contributed by atoms with E-state index in [4.69, 9.17) is 4.74 Å². The Kier molecular flexibility index (Phi) is 3.89. The maximum absolute atomic E-state index is 11.6. The molecule has 1 aliphatic rings. The lowest BCUT2D eigenvalue weighted by molar-refractivity contribution is -0.187. The predicted molar refractivity (Wildman–Crippen MR) is 64.8 cm³/mol. The molecule has 4 atom stereocenters. The van der Waals surface area contributed by atoms with Crippen LogP contribution in [0.25, 0.3) is 0 Å². The molecule has 0 radical (unpaired) electrons. The van der Waals surface area contributed by atoms with Crippen LogP contribution in [0.3, 0.4) is 0 Å². The zero-order chi connectivity index (χ0) is 13.4. The van der Waals surface area contributed by atoms with Crippen LogP contribution in [0.5, 0.6) is 0 Å². The van der Waals surface area contributed by atoms with Gasteiger partial charge < -0.3 is 14.9 Å². The summed E-state index contributed by atoms with van der Waals surface area (Å²) in [7, 11) is 0. The molecule has 2 N–H and O–H groups in total. The number of aliphatic carboxylic acids is 1. The monoisotopic (exact) mass is 244 g/mol. The molecule has 0 aromatic rings. The molecule has 0 bridgehead atoms. The first-order chi connectivity index (χ1) is 7.61. The van der Waals surface area contributed by atoms with Gasteiger partial charge in [0.25, 0.3) is 0 Å². The van der Waals surface area contributed by atoms with Crippen molar-refractivity contribution in [1.29, 1.82) is 0 Å². The highest BCUT2D eigenvalue weighted by molar-refractivity contribution is 5.78. The molecule has 0 aromatic heterocycles. The Bertz CT molecular complexity index is 298. The van der Waals surface area contributed by atoms with Crippen LogP contribution < -0.4 is 0 Å². The number of rotatable bonds is 4. The van der Waals surface area contributed by atoms with Gasteiger partial charge in [-0.25, -0.2) is 4.79 Å². The average molecular weight is 244 g/mol. The number of carboxylic acid groups (broad SMARTS) is 1. The molecule has 1 fully saturated rings. The smallest absolute Gasteiger partial charge is 0.336 e. The normalized spacial score (nSPS) is 35.5. The Morgan fingerprint density at radius 2 is 1.94 bits per heavy atom. The molecule has 4 heteroatoms. The van der Waals surface area contributed by atoms with Crippen molar-refractivity contribution in [3.63, 3.8) is 0 Å². The lowest BCUT2D eigenvalue weighted by Crippen LogP contribution is -2.48. The molecule has 4 nitrogen and oxygen atoms in total. The lowest BCUT2D eigenvalue weighted by atomic mass is 9.88. The molecule has 0 saturated heterocycles. The summed E-state index contributed by atoms with van der Waals surface area (Å²) < 4.78 is 5.72. The molecule has 1 saturated carbocycles. The Morgan fingerprint density at radius 1 is 1.41 bits per heavy atom. The number of carboxylic acids is 1. The molecular weight excluding hydrogens is 220 g/mol. The van der Waals surface area contributed by atoms with Gasteiger partial charge in [0.1, 0.15) is 0 Å². The first-order valence-electron chi connectivity index (χ1n) is 6.20. The summed E-state index contributed by atoms with van der Waals surface area (Å²) in [5.41, 5.74) is -1.18. The van der Waals surface area contributed by atoms with Gasteiger partial charge in [0.2, 0.25) is 0 Å². The molecule has 0 heterocycles. The molecule has 0 amide bonds. The molecular formula is C13H24O4. The van der Waals surface area contributed by atoms with Gasteiger partial charge in [-0.2, -0.15) is 0 Å².